The van der Waals surface area contributed by atoms with Gasteiger partial charge in [-0.1, -0.05) is 31.1 Å². The van der Waals surface area contributed by atoms with Crippen LogP contribution in [0.1, 0.15) is 36.4 Å². The molecule has 2 aromatic rings. The SMILES string of the molecule is CCc1noc(CC)c1CNC(=O)Cc1ccc(N)cc1.Cl. The summed E-state index contributed by atoms with van der Waals surface area (Å²) < 4.78 is 5.28. The number of carbonyl (C=O) groups excluding carboxylic acids is 1. The van der Waals surface area contributed by atoms with E-state index in [1.807, 2.05) is 26.0 Å². The van der Waals surface area contributed by atoms with E-state index in [9.17, 15) is 4.79 Å². The predicted molar refractivity (Wildman–Crippen MR) is 88.9 cm³/mol. The molecule has 2 rings (SSSR count). The number of aromatic nitrogens is 1. The van der Waals surface area contributed by atoms with E-state index in [2.05, 4.69) is 10.5 Å². The molecule has 0 atom stereocenters. The highest BCUT2D eigenvalue weighted by Crippen LogP contribution is 2.15. The maximum Gasteiger partial charge on any atom is 0.224 e. The van der Waals surface area contributed by atoms with Crippen molar-refractivity contribution in [2.24, 2.45) is 0 Å². The molecule has 0 radical (unpaired) electrons. The number of nitrogens with one attached hydrogen (secondary N) is 1. The van der Waals surface area contributed by atoms with Gasteiger partial charge in [0.05, 0.1) is 12.1 Å². The Morgan fingerprint density at radius 3 is 2.50 bits per heavy atom. The lowest BCUT2D eigenvalue weighted by Crippen LogP contribution is -2.25. The minimum Gasteiger partial charge on any atom is -0.399 e. The Labute approximate surface area is 136 Å². The summed E-state index contributed by atoms with van der Waals surface area (Å²) in [6.45, 7) is 4.50. The number of nitrogen functional groups attached to an aromatic ring is 1. The lowest BCUT2D eigenvalue weighted by atomic mass is 10.1. The van der Waals surface area contributed by atoms with Gasteiger partial charge in [-0.25, -0.2) is 0 Å². The largest absolute Gasteiger partial charge is 0.399 e. The zero-order valence-electron chi connectivity index (χ0n) is 12.9. The third kappa shape index (κ3) is 4.49. The predicted octanol–water partition coefficient (Wildman–Crippen LogP) is 2.66. The fraction of sp³-hybridized carbons (Fsp3) is 0.375. The normalized spacial score (nSPS) is 10.1. The molecule has 1 amide bonds. The molecule has 6 heteroatoms. The molecule has 0 aliphatic heterocycles. The van der Waals surface area contributed by atoms with Gasteiger partial charge >= 0.3 is 0 Å². The molecule has 3 N–H and O–H groups in total. The topological polar surface area (TPSA) is 81.2 Å². The van der Waals surface area contributed by atoms with Crippen molar-refractivity contribution in [2.45, 2.75) is 39.7 Å². The number of halogens is 1. The van der Waals surface area contributed by atoms with Gasteiger partial charge in [0.25, 0.3) is 0 Å². The van der Waals surface area contributed by atoms with E-state index < -0.39 is 0 Å². The van der Waals surface area contributed by atoms with Gasteiger partial charge in [-0.05, 0) is 24.1 Å². The summed E-state index contributed by atoms with van der Waals surface area (Å²) in [6.07, 6.45) is 1.91. The minimum absolute atomic E-state index is 0. The van der Waals surface area contributed by atoms with E-state index >= 15 is 0 Å². The van der Waals surface area contributed by atoms with Gasteiger partial charge in [0, 0.05) is 24.2 Å². The average Bonchev–Trinajstić information content (AvgIpc) is 2.89. The van der Waals surface area contributed by atoms with Crippen molar-refractivity contribution in [2.75, 3.05) is 5.73 Å². The first-order valence-corrected chi connectivity index (χ1v) is 7.21. The summed E-state index contributed by atoms with van der Waals surface area (Å²) in [4.78, 5) is 12.0. The number of rotatable bonds is 6. The highest BCUT2D eigenvalue weighted by atomic mass is 35.5. The number of benzene rings is 1. The summed E-state index contributed by atoms with van der Waals surface area (Å²) in [5.41, 5.74) is 9.19. The molecule has 5 nitrogen and oxygen atoms in total. The molecular weight excluding hydrogens is 302 g/mol. The first-order valence-electron chi connectivity index (χ1n) is 7.21. The second-order valence-electron chi connectivity index (χ2n) is 4.93. The number of aryl methyl sites for hydroxylation is 2. The van der Waals surface area contributed by atoms with Crippen molar-refractivity contribution in [3.05, 3.63) is 46.8 Å². The Hall–Kier alpha value is -2.01. The van der Waals surface area contributed by atoms with Gasteiger partial charge in [0.2, 0.25) is 5.91 Å². The van der Waals surface area contributed by atoms with Crippen molar-refractivity contribution in [3.8, 4) is 0 Å². The standard InChI is InChI=1S/C16H21N3O2.ClH/c1-3-14-13(15(4-2)21-19-14)10-18-16(20)9-11-5-7-12(17)8-6-11;/h5-8H,3-4,9-10,17H2,1-2H3,(H,18,20);1H. The highest BCUT2D eigenvalue weighted by molar-refractivity contribution is 5.85. The first-order chi connectivity index (χ1) is 10.1. The number of carbonyl (C=O) groups is 1. The Bertz CT molecular complexity index is 587. The van der Waals surface area contributed by atoms with E-state index in [1.54, 1.807) is 12.1 Å². The van der Waals surface area contributed by atoms with E-state index in [4.69, 9.17) is 10.3 Å². The number of amides is 1. The van der Waals surface area contributed by atoms with Crippen LogP contribution in [0, 0.1) is 0 Å². The molecule has 0 aliphatic rings. The molecule has 1 heterocycles. The van der Waals surface area contributed by atoms with Crippen LogP contribution < -0.4 is 11.1 Å². The van der Waals surface area contributed by atoms with Gasteiger partial charge < -0.3 is 15.6 Å². The Morgan fingerprint density at radius 1 is 1.23 bits per heavy atom. The van der Waals surface area contributed by atoms with Crippen molar-refractivity contribution >= 4 is 24.0 Å². The minimum atomic E-state index is -0.0231. The fourth-order valence-corrected chi connectivity index (χ4v) is 2.21. The van der Waals surface area contributed by atoms with Crippen LogP contribution in [0.2, 0.25) is 0 Å². The van der Waals surface area contributed by atoms with Crippen LogP contribution in [0.4, 0.5) is 5.69 Å². The maximum absolute atomic E-state index is 12.0. The van der Waals surface area contributed by atoms with Crippen LogP contribution in [0.5, 0.6) is 0 Å². The van der Waals surface area contributed by atoms with E-state index in [0.29, 0.717) is 18.7 Å². The Balaban J connectivity index is 0.00000242. The van der Waals surface area contributed by atoms with Crippen molar-refractivity contribution in [1.29, 1.82) is 0 Å². The van der Waals surface area contributed by atoms with Crippen molar-refractivity contribution in [3.63, 3.8) is 0 Å². The third-order valence-corrected chi connectivity index (χ3v) is 3.41. The average molecular weight is 324 g/mol. The molecule has 0 spiro atoms. The summed E-state index contributed by atoms with van der Waals surface area (Å²) in [7, 11) is 0. The zero-order chi connectivity index (χ0) is 15.2. The van der Waals surface area contributed by atoms with Crippen LogP contribution in [-0.4, -0.2) is 11.1 Å². The quantitative estimate of drug-likeness (QED) is 0.801. The highest BCUT2D eigenvalue weighted by Gasteiger charge is 2.14. The van der Waals surface area contributed by atoms with Gasteiger partial charge in [-0.15, -0.1) is 12.4 Å². The van der Waals surface area contributed by atoms with Crippen LogP contribution in [0.3, 0.4) is 0 Å². The Kier molecular flexibility index (Phi) is 6.92. The van der Waals surface area contributed by atoms with Gasteiger partial charge in [0.1, 0.15) is 5.76 Å². The van der Waals surface area contributed by atoms with E-state index in [-0.39, 0.29) is 18.3 Å². The van der Waals surface area contributed by atoms with Gasteiger partial charge in [-0.3, -0.25) is 4.79 Å². The molecule has 0 aliphatic carbocycles. The van der Waals surface area contributed by atoms with E-state index in [0.717, 1.165) is 35.4 Å². The number of hydrogen-bond acceptors (Lipinski definition) is 4. The molecule has 0 saturated carbocycles. The summed E-state index contributed by atoms with van der Waals surface area (Å²) in [5, 5.41) is 6.96. The molecule has 0 unspecified atom stereocenters. The van der Waals surface area contributed by atoms with Crippen molar-refractivity contribution < 1.29 is 9.32 Å². The second kappa shape index (κ2) is 8.44. The maximum atomic E-state index is 12.0. The molecule has 1 aromatic heterocycles. The molecule has 0 bridgehead atoms. The van der Waals surface area contributed by atoms with Crippen LogP contribution >= 0.6 is 12.4 Å². The fourth-order valence-electron chi connectivity index (χ4n) is 2.21. The number of nitrogens with two attached hydrogens (primary N) is 1. The second-order valence-corrected chi connectivity index (χ2v) is 4.93. The third-order valence-electron chi connectivity index (χ3n) is 3.41. The lowest BCUT2D eigenvalue weighted by Gasteiger charge is -2.06. The molecule has 1 aromatic carbocycles. The summed E-state index contributed by atoms with van der Waals surface area (Å²) >= 11 is 0. The number of nitrogens with zero attached hydrogens (tertiary/aromatic N) is 1. The molecule has 0 fully saturated rings. The molecular formula is C16H22ClN3O2. The monoisotopic (exact) mass is 323 g/mol. The van der Waals surface area contributed by atoms with Gasteiger partial charge in [0.15, 0.2) is 0 Å². The van der Waals surface area contributed by atoms with E-state index in [1.165, 1.54) is 0 Å². The molecule has 0 saturated heterocycles. The first kappa shape index (κ1) is 18.0. The molecule has 120 valence electrons. The summed E-state index contributed by atoms with van der Waals surface area (Å²) in [6, 6.07) is 7.33. The van der Waals surface area contributed by atoms with Crippen LogP contribution in [-0.2, 0) is 30.6 Å². The number of anilines is 1. The van der Waals surface area contributed by atoms with Crippen LogP contribution in [0.25, 0.3) is 0 Å². The Morgan fingerprint density at radius 2 is 1.91 bits per heavy atom. The zero-order valence-corrected chi connectivity index (χ0v) is 13.7. The number of hydrogen-bond donors (Lipinski definition) is 2. The van der Waals surface area contributed by atoms with Crippen molar-refractivity contribution in [1.82, 2.24) is 10.5 Å². The smallest absolute Gasteiger partial charge is 0.224 e. The molecule has 22 heavy (non-hydrogen) atoms. The lowest BCUT2D eigenvalue weighted by molar-refractivity contribution is -0.120. The van der Waals surface area contributed by atoms with Crippen LogP contribution in [0.15, 0.2) is 28.8 Å². The summed E-state index contributed by atoms with van der Waals surface area (Å²) in [5.74, 6) is 0.824. The van der Waals surface area contributed by atoms with Gasteiger partial charge in [-0.2, -0.15) is 0 Å².